The van der Waals surface area contributed by atoms with E-state index in [-0.39, 0.29) is 11.7 Å². The molecule has 6 aromatic rings. The maximum atomic E-state index is 15.7. The van der Waals surface area contributed by atoms with Crippen molar-refractivity contribution in [2.24, 2.45) is 5.92 Å². The van der Waals surface area contributed by atoms with E-state index in [0.717, 1.165) is 56.8 Å². The summed E-state index contributed by atoms with van der Waals surface area (Å²) in [6.07, 6.45) is 0.746. The van der Waals surface area contributed by atoms with Crippen molar-refractivity contribution in [1.29, 1.82) is 0 Å². The first-order valence-corrected chi connectivity index (χ1v) is 16.3. The van der Waals surface area contributed by atoms with Crippen molar-refractivity contribution in [3.8, 4) is 11.3 Å². The van der Waals surface area contributed by atoms with Gasteiger partial charge in [0.2, 0.25) is 5.91 Å². The Kier molecular flexibility index (Phi) is 5.42. The van der Waals surface area contributed by atoms with Crippen LogP contribution in [0.5, 0.6) is 0 Å². The number of para-hydroxylation sites is 3. The minimum Gasteiger partial charge on any atom is -0.324 e. The number of ketones is 1. The monoisotopic (exact) mass is 630 g/mol. The topological polar surface area (TPSA) is 75.2 Å². The summed E-state index contributed by atoms with van der Waals surface area (Å²) in [7, 11) is 0. The van der Waals surface area contributed by atoms with E-state index in [1.165, 1.54) is 5.56 Å². The van der Waals surface area contributed by atoms with Crippen molar-refractivity contribution in [2.45, 2.75) is 23.4 Å². The Morgan fingerprint density at radius 2 is 1.53 bits per heavy atom. The number of amides is 1. The van der Waals surface area contributed by atoms with Gasteiger partial charge in [-0.2, -0.15) is 0 Å². The number of Topliss-reactive ketones (excluding diaryl/α,β-unsaturated/α-hetero) is 1. The fraction of sp³-hybridized carbons (Fsp3) is 0.150. The van der Waals surface area contributed by atoms with Crippen molar-refractivity contribution in [2.75, 3.05) is 11.9 Å². The Bertz CT molecular complexity index is 2360. The fourth-order valence-electron chi connectivity index (χ4n) is 9.35. The van der Waals surface area contributed by atoms with Crippen molar-refractivity contribution in [1.82, 2.24) is 14.9 Å². The summed E-state index contributed by atoms with van der Waals surface area (Å²) >= 11 is 6.56. The molecule has 47 heavy (non-hydrogen) atoms. The molecule has 4 heterocycles. The predicted octanol–water partition coefficient (Wildman–Crippen LogP) is 7.51. The van der Waals surface area contributed by atoms with E-state index in [1.807, 2.05) is 66.7 Å². The van der Waals surface area contributed by atoms with Gasteiger partial charge in [-0.25, -0.2) is 9.97 Å². The van der Waals surface area contributed by atoms with Gasteiger partial charge in [-0.1, -0.05) is 103 Å². The molecule has 10 rings (SSSR count). The molecule has 4 atom stereocenters. The molecule has 1 aliphatic carbocycles. The largest absolute Gasteiger partial charge is 0.324 e. The first kappa shape index (κ1) is 27.0. The van der Waals surface area contributed by atoms with Crippen LogP contribution in [0.1, 0.15) is 44.3 Å². The van der Waals surface area contributed by atoms with Crippen LogP contribution < -0.4 is 5.32 Å². The van der Waals surface area contributed by atoms with Gasteiger partial charge >= 0.3 is 0 Å². The smallest absolute Gasteiger partial charge is 0.250 e. The molecule has 1 N–H and O–H groups in total. The van der Waals surface area contributed by atoms with Gasteiger partial charge in [-0.3, -0.25) is 14.5 Å². The van der Waals surface area contributed by atoms with Crippen molar-refractivity contribution < 1.29 is 9.59 Å². The van der Waals surface area contributed by atoms with Gasteiger partial charge in [-0.05, 0) is 53.4 Å². The number of hydrogen-bond donors (Lipinski definition) is 1. The molecule has 226 valence electrons. The van der Waals surface area contributed by atoms with E-state index in [9.17, 15) is 0 Å². The van der Waals surface area contributed by atoms with Gasteiger partial charge in [0.05, 0.1) is 39.8 Å². The first-order valence-electron chi connectivity index (χ1n) is 16.0. The normalized spacial score (nSPS) is 24.9. The number of hydrogen-bond acceptors (Lipinski definition) is 5. The van der Waals surface area contributed by atoms with E-state index in [4.69, 9.17) is 21.6 Å². The van der Waals surface area contributed by atoms with E-state index in [1.54, 1.807) is 18.2 Å². The third-order valence-corrected chi connectivity index (χ3v) is 11.2. The van der Waals surface area contributed by atoms with Crippen LogP contribution in [0.4, 0.5) is 5.69 Å². The number of aromatic nitrogens is 2. The lowest BCUT2D eigenvalue weighted by Crippen LogP contribution is -2.55. The highest BCUT2D eigenvalue weighted by Crippen LogP contribution is 2.72. The Morgan fingerprint density at radius 3 is 2.38 bits per heavy atom. The molecule has 0 bridgehead atoms. The molecule has 6 nitrogen and oxygen atoms in total. The fourth-order valence-corrected chi connectivity index (χ4v) is 9.55. The number of anilines is 1. The molecule has 1 amide bonds. The number of benzene rings is 5. The Morgan fingerprint density at radius 1 is 0.809 bits per heavy atom. The third kappa shape index (κ3) is 3.24. The second-order valence-corrected chi connectivity index (χ2v) is 13.4. The van der Waals surface area contributed by atoms with Crippen LogP contribution in [0.3, 0.4) is 0 Å². The number of nitrogens with zero attached hydrogens (tertiary/aromatic N) is 3. The van der Waals surface area contributed by atoms with Crippen molar-refractivity contribution in [3.63, 3.8) is 0 Å². The summed E-state index contributed by atoms with van der Waals surface area (Å²) in [6, 6.07) is 39.2. The second kappa shape index (κ2) is 9.44. The maximum absolute atomic E-state index is 15.7. The highest BCUT2D eigenvalue weighted by molar-refractivity contribution is 6.31. The van der Waals surface area contributed by atoms with Crippen LogP contribution in [-0.4, -0.2) is 33.1 Å². The maximum Gasteiger partial charge on any atom is 0.250 e. The molecule has 1 saturated heterocycles. The summed E-state index contributed by atoms with van der Waals surface area (Å²) < 4.78 is 0. The van der Waals surface area contributed by atoms with Gasteiger partial charge in [-0.15, -0.1) is 0 Å². The molecule has 4 unspecified atom stereocenters. The quantitative estimate of drug-likeness (QED) is 0.201. The zero-order chi connectivity index (χ0) is 31.5. The molecule has 3 aliphatic heterocycles. The predicted molar refractivity (Wildman–Crippen MR) is 181 cm³/mol. The lowest BCUT2D eigenvalue weighted by molar-refractivity contribution is -0.128. The zero-order valence-corrected chi connectivity index (χ0v) is 25.9. The Labute approximate surface area is 276 Å². The van der Waals surface area contributed by atoms with Crippen LogP contribution in [0.15, 0.2) is 121 Å². The van der Waals surface area contributed by atoms with Crippen LogP contribution in [0.25, 0.3) is 22.3 Å². The molecular weight excluding hydrogens is 604 g/mol. The highest BCUT2D eigenvalue weighted by atomic mass is 35.5. The number of carbonyl (C=O) groups excluding carboxylic acids is 2. The third-order valence-electron chi connectivity index (χ3n) is 10.9. The standard InChI is InChI=1S/C40H27ClN4O2/c41-25-12-9-11-24(22-25)34(46)35-39(28-15-4-3-14-27(28)33-36(39)43-32-19-8-7-18-31(32)42-33)37-26-13-2-1-10-23(26)20-21-45(37)40(35)29-16-5-6-17-30(29)44-38(40)47/h1-19,22,35,37H,20-21H2,(H,44,47). The number of fused-ring (bicyclic) bond motifs is 13. The molecule has 0 saturated carbocycles. The molecular formula is C40H27ClN4O2. The van der Waals surface area contributed by atoms with E-state index < -0.39 is 22.9 Å². The number of halogens is 1. The van der Waals surface area contributed by atoms with Gasteiger partial charge in [0.1, 0.15) is 5.54 Å². The van der Waals surface area contributed by atoms with E-state index in [2.05, 4.69) is 46.6 Å². The van der Waals surface area contributed by atoms with E-state index >= 15 is 9.59 Å². The molecule has 2 spiro atoms. The van der Waals surface area contributed by atoms with E-state index in [0.29, 0.717) is 17.1 Å². The van der Waals surface area contributed by atoms with Gasteiger partial charge in [0.15, 0.2) is 5.78 Å². The first-order chi connectivity index (χ1) is 23.0. The molecule has 4 aliphatic rings. The summed E-state index contributed by atoms with van der Waals surface area (Å²) in [5.74, 6) is -1.25. The lowest BCUT2D eigenvalue weighted by atomic mass is 9.59. The van der Waals surface area contributed by atoms with Gasteiger partial charge < -0.3 is 5.32 Å². The minimum atomic E-state index is -1.34. The summed E-state index contributed by atoms with van der Waals surface area (Å²) in [5.41, 5.74) is 6.85. The van der Waals surface area contributed by atoms with Crippen LogP contribution in [0, 0.1) is 5.92 Å². The Hall–Kier alpha value is -5.17. The molecule has 7 heteroatoms. The van der Waals surface area contributed by atoms with Gasteiger partial charge in [0, 0.05) is 33.9 Å². The SMILES string of the molecule is O=C(c1cccc(Cl)c1)C1C2(c3ccccc3-c3nc4ccccc4nc32)C2c3ccccc3CCN2C12C(=O)Nc1ccccc12. The van der Waals surface area contributed by atoms with Gasteiger partial charge in [0.25, 0.3) is 0 Å². The average Bonchev–Trinajstić information content (AvgIpc) is 3.67. The number of nitrogens with one attached hydrogen (secondary N) is 1. The van der Waals surface area contributed by atoms with Crippen LogP contribution in [0.2, 0.25) is 5.02 Å². The summed E-state index contributed by atoms with van der Waals surface area (Å²) in [5, 5.41) is 3.69. The Balaban J connectivity index is 1.42. The number of carbonyl (C=O) groups is 2. The van der Waals surface area contributed by atoms with Crippen LogP contribution >= 0.6 is 11.6 Å². The average molecular weight is 631 g/mol. The lowest BCUT2D eigenvalue weighted by Gasteiger charge is -2.42. The number of rotatable bonds is 2. The second-order valence-electron chi connectivity index (χ2n) is 12.9. The molecule has 1 aromatic heterocycles. The summed E-state index contributed by atoms with van der Waals surface area (Å²) in [6.45, 7) is 0.586. The zero-order valence-electron chi connectivity index (χ0n) is 25.2. The highest BCUT2D eigenvalue weighted by Gasteiger charge is 2.77. The van der Waals surface area contributed by atoms with Crippen molar-refractivity contribution in [3.05, 3.63) is 160 Å². The molecule has 5 aromatic carbocycles. The summed E-state index contributed by atoms with van der Waals surface area (Å²) in [4.78, 5) is 43.8. The van der Waals surface area contributed by atoms with Crippen molar-refractivity contribution >= 4 is 40.0 Å². The minimum absolute atomic E-state index is 0.149. The molecule has 0 radical (unpaired) electrons. The molecule has 1 fully saturated rings. The van der Waals surface area contributed by atoms with Crippen LogP contribution in [-0.2, 0) is 22.2 Å².